The number of carbonyl (C=O) groups is 2. The summed E-state index contributed by atoms with van der Waals surface area (Å²) in [6.45, 7) is 6.16. The summed E-state index contributed by atoms with van der Waals surface area (Å²) in [6.07, 6.45) is 14.7. The van der Waals surface area contributed by atoms with Crippen LogP contribution in [-0.4, -0.2) is 67.2 Å². The minimum Gasteiger partial charge on any atom is -0.326 e. The van der Waals surface area contributed by atoms with Crippen LogP contribution >= 0.6 is 11.8 Å². The number of amides is 1. The van der Waals surface area contributed by atoms with E-state index >= 15 is 0 Å². The van der Waals surface area contributed by atoms with Crippen molar-refractivity contribution in [2.75, 3.05) is 31.2 Å². The van der Waals surface area contributed by atoms with Crippen LogP contribution in [0.5, 0.6) is 0 Å². The maximum absolute atomic E-state index is 13.7. The van der Waals surface area contributed by atoms with Crippen LogP contribution in [0.1, 0.15) is 74.7 Å². The van der Waals surface area contributed by atoms with Gasteiger partial charge in [0.05, 0.1) is 12.2 Å². The lowest BCUT2D eigenvalue weighted by molar-refractivity contribution is -0.124. The Bertz CT molecular complexity index is 2040. The van der Waals surface area contributed by atoms with E-state index < -0.39 is 0 Å². The van der Waals surface area contributed by atoms with Crippen molar-refractivity contribution >= 4 is 39.9 Å². The highest BCUT2D eigenvalue weighted by Gasteiger charge is 2.40. The molecule has 2 fully saturated rings. The predicted octanol–water partition coefficient (Wildman–Crippen LogP) is 8.69. The highest BCUT2D eigenvalue weighted by atomic mass is 32.2. The van der Waals surface area contributed by atoms with Crippen LogP contribution in [0.25, 0.3) is 33.4 Å². The number of aromatic nitrogens is 4. The molecule has 0 spiro atoms. The second-order valence-electron chi connectivity index (χ2n) is 14.6. The van der Waals surface area contributed by atoms with Gasteiger partial charge in [0.1, 0.15) is 5.78 Å². The lowest BCUT2D eigenvalue weighted by Gasteiger charge is -2.27. The molecular weight excluding hydrogens is 665 g/mol. The molecule has 0 radical (unpaired) electrons. The Morgan fingerprint density at radius 3 is 2.54 bits per heavy atom. The minimum atomic E-state index is -0.218. The standard InChI is InChI=1S/C43H48N6O2S/c1-4-36-24-35(17-21-44-36)41-38-25-37(16-15-34(38)23-29(2)47-41)48-40(51)26-43(52-3)18-22-49(28-43)27-39(50)32-8-5-7-30(9-12-32)31-10-13-33(14-11-31)42-45-19-6-20-46-42/h6,10-11,13-17,19-21,23-25,30,32H,4-5,7-9,12,18,22,26-28H2,1-3H3,(H,48,51). The number of likely N-dealkylation sites (tertiary alicyclic amines) is 1. The second-order valence-corrected chi connectivity index (χ2v) is 15.8. The topological polar surface area (TPSA) is 101 Å². The van der Waals surface area contributed by atoms with Gasteiger partial charge in [-0.25, -0.2) is 9.97 Å². The van der Waals surface area contributed by atoms with Gasteiger partial charge in [-0.3, -0.25) is 24.5 Å². The molecule has 2 aliphatic rings. The van der Waals surface area contributed by atoms with Crippen LogP contribution in [0.4, 0.5) is 5.69 Å². The van der Waals surface area contributed by atoms with Gasteiger partial charge in [0.2, 0.25) is 5.91 Å². The predicted molar refractivity (Wildman–Crippen MR) is 211 cm³/mol. The van der Waals surface area contributed by atoms with Crippen LogP contribution in [0.15, 0.2) is 85.3 Å². The van der Waals surface area contributed by atoms with Crippen molar-refractivity contribution in [3.8, 4) is 22.6 Å². The summed E-state index contributed by atoms with van der Waals surface area (Å²) in [4.78, 5) is 47.6. The molecule has 1 aliphatic carbocycles. The van der Waals surface area contributed by atoms with E-state index in [0.29, 0.717) is 24.7 Å². The Morgan fingerprint density at radius 2 is 1.75 bits per heavy atom. The van der Waals surface area contributed by atoms with Gasteiger partial charge in [0.25, 0.3) is 0 Å². The van der Waals surface area contributed by atoms with Crippen LogP contribution in [0.2, 0.25) is 0 Å². The molecule has 5 aromatic rings. The van der Waals surface area contributed by atoms with E-state index in [1.54, 1.807) is 24.2 Å². The second kappa shape index (κ2) is 16.0. The average molecular weight is 713 g/mol. The van der Waals surface area contributed by atoms with Crippen LogP contribution < -0.4 is 5.32 Å². The van der Waals surface area contributed by atoms with E-state index in [2.05, 4.69) is 80.8 Å². The van der Waals surface area contributed by atoms with Gasteiger partial charge in [-0.1, -0.05) is 43.7 Å². The smallest absolute Gasteiger partial charge is 0.225 e. The van der Waals surface area contributed by atoms with Crippen LogP contribution in [0, 0.1) is 12.8 Å². The molecule has 2 aromatic carbocycles. The zero-order valence-electron chi connectivity index (χ0n) is 30.5. The monoisotopic (exact) mass is 712 g/mol. The molecule has 1 N–H and O–H groups in total. The largest absolute Gasteiger partial charge is 0.326 e. The average Bonchev–Trinajstić information content (AvgIpc) is 3.39. The lowest BCUT2D eigenvalue weighted by Crippen LogP contribution is -2.37. The van der Waals surface area contributed by atoms with Gasteiger partial charge in [0, 0.05) is 82.4 Å². The molecule has 4 heterocycles. The van der Waals surface area contributed by atoms with Gasteiger partial charge in [0.15, 0.2) is 5.82 Å². The molecular formula is C43H48N6O2S. The Kier molecular flexibility index (Phi) is 11.1. The van der Waals surface area contributed by atoms with E-state index in [9.17, 15) is 9.59 Å². The van der Waals surface area contributed by atoms with E-state index in [1.807, 2.05) is 37.4 Å². The first-order valence-corrected chi connectivity index (χ1v) is 19.9. The number of benzene rings is 2. The number of rotatable bonds is 11. The lowest BCUT2D eigenvalue weighted by atomic mass is 9.90. The van der Waals surface area contributed by atoms with Gasteiger partial charge < -0.3 is 5.32 Å². The zero-order valence-corrected chi connectivity index (χ0v) is 31.3. The summed E-state index contributed by atoms with van der Waals surface area (Å²) in [6, 6.07) is 22.7. The van der Waals surface area contributed by atoms with E-state index in [0.717, 1.165) is 109 Å². The van der Waals surface area contributed by atoms with Gasteiger partial charge in [-0.15, -0.1) is 0 Å². The number of nitrogens with one attached hydrogen (secondary N) is 1. The highest BCUT2D eigenvalue weighted by molar-refractivity contribution is 8.00. The molecule has 9 heteroatoms. The third-order valence-electron chi connectivity index (χ3n) is 11.0. The number of pyridine rings is 2. The van der Waals surface area contributed by atoms with Crippen molar-refractivity contribution in [3.63, 3.8) is 0 Å². The number of thioether (sulfide) groups is 1. The summed E-state index contributed by atoms with van der Waals surface area (Å²) in [7, 11) is 0. The first-order valence-electron chi connectivity index (χ1n) is 18.7. The number of Topliss-reactive ketones (excluding diaryl/α,β-unsaturated/α-hetero) is 1. The Labute approximate surface area is 311 Å². The molecule has 3 atom stereocenters. The molecule has 1 aliphatic heterocycles. The molecule has 0 bridgehead atoms. The molecule has 7 rings (SSSR count). The quantitative estimate of drug-likeness (QED) is 0.136. The fourth-order valence-electron chi connectivity index (χ4n) is 8.10. The molecule has 3 unspecified atom stereocenters. The number of anilines is 1. The van der Waals surface area contributed by atoms with Gasteiger partial charge in [-0.05, 0) is 105 Å². The number of fused-ring (bicyclic) bond motifs is 1. The fourth-order valence-corrected chi connectivity index (χ4v) is 8.98. The SMILES string of the molecule is CCc1cc(-c2nc(C)cc3ccc(NC(=O)CC4(SC)CCN(CC(=O)C5CCCC(c6ccc(-c7ncccn7)cc6)CC5)C4)cc23)ccn1. The number of carbonyl (C=O) groups excluding carboxylic acids is 2. The van der Waals surface area contributed by atoms with Crippen molar-refractivity contribution in [1.29, 1.82) is 0 Å². The number of nitrogens with zero attached hydrogens (tertiary/aromatic N) is 5. The van der Waals surface area contributed by atoms with E-state index in [1.165, 1.54) is 5.56 Å². The first-order chi connectivity index (χ1) is 25.3. The third-order valence-corrected chi connectivity index (χ3v) is 12.4. The summed E-state index contributed by atoms with van der Waals surface area (Å²) in [5.41, 5.74) is 7.03. The van der Waals surface area contributed by atoms with Gasteiger partial charge >= 0.3 is 0 Å². The summed E-state index contributed by atoms with van der Waals surface area (Å²) >= 11 is 1.76. The van der Waals surface area contributed by atoms with Crippen molar-refractivity contribution in [2.24, 2.45) is 5.92 Å². The normalized spacial score (nSPS) is 20.8. The fraction of sp³-hybridized carbons (Fsp3) is 0.395. The minimum absolute atomic E-state index is 0.000171. The maximum Gasteiger partial charge on any atom is 0.225 e. The first kappa shape index (κ1) is 35.9. The maximum atomic E-state index is 13.7. The van der Waals surface area contributed by atoms with Crippen LogP contribution in [0.3, 0.4) is 0 Å². The molecule has 1 saturated carbocycles. The summed E-state index contributed by atoms with van der Waals surface area (Å²) in [5, 5.41) is 5.28. The summed E-state index contributed by atoms with van der Waals surface area (Å²) < 4.78 is -0.218. The Hall–Kier alpha value is -4.47. The number of aryl methyl sites for hydroxylation is 2. The van der Waals surface area contributed by atoms with E-state index in [-0.39, 0.29) is 16.6 Å². The molecule has 268 valence electrons. The van der Waals surface area contributed by atoms with Crippen molar-refractivity contribution in [1.82, 2.24) is 24.8 Å². The summed E-state index contributed by atoms with van der Waals surface area (Å²) in [5.74, 6) is 1.67. The van der Waals surface area contributed by atoms with E-state index in [4.69, 9.17) is 4.98 Å². The number of hydrogen-bond donors (Lipinski definition) is 1. The van der Waals surface area contributed by atoms with Crippen molar-refractivity contribution in [2.45, 2.75) is 75.9 Å². The highest BCUT2D eigenvalue weighted by Crippen LogP contribution is 2.39. The molecule has 1 amide bonds. The number of ketones is 1. The zero-order chi connectivity index (χ0) is 36.1. The molecule has 52 heavy (non-hydrogen) atoms. The molecule has 8 nitrogen and oxygen atoms in total. The Morgan fingerprint density at radius 1 is 0.923 bits per heavy atom. The van der Waals surface area contributed by atoms with Crippen LogP contribution in [-0.2, 0) is 16.0 Å². The Balaban J connectivity index is 0.945. The molecule has 1 saturated heterocycles. The number of hydrogen-bond acceptors (Lipinski definition) is 8. The van der Waals surface area contributed by atoms with Gasteiger partial charge in [-0.2, -0.15) is 11.8 Å². The van der Waals surface area contributed by atoms with Crippen molar-refractivity contribution in [3.05, 3.63) is 102 Å². The third kappa shape index (κ3) is 8.26. The molecule has 3 aromatic heterocycles. The van der Waals surface area contributed by atoms with Crippen molar-refractivity contribution < 1.29 is 9.59 Å².